The van der Waals surface area contributed by atoms with Crippen molar-refractivity contribution in [3.8, 4) is 11.5 Å². The fourth-order valence-corrected chi connectivity index (χ4v) is 2.05. The highest BCUT2D eigenvalue weighted by molar-refractivity contribution is 5.42. The Morgan fingerprint density at radius 1 is 1.18 bits per heavy atom. The summed E-state index contributed by atoms with van der Waals surface area (Å²) in [5.74, 6) is 1.38. The van der Waals surface area contributed by atoms with Crippen molar-refractivity contribution in [3.63, 3.8) is 0 Å². The number of rotatable bonds is 11. The number of nitrogens with two attached hydrogens (primary N) is 1. The molecular formula is C16H30N2O4+2. The number of aliphatic hydroxyl groups is 1. The first-order chi connectivity index (χ1) is 10.6. The van der Waals surface area contributed by atoms with E-state index >= 15 is 0 Å². The predicted molar refractivity (Wildman–Crippen MR) is 84.5 cm³/mol. The molecule has 0 aliphatic carbocycles. The Bertz CT molecular complexity index is 427. The molecule has 0 heterocycles. The van der Waals surface area contributed by atoms with Crippen LogP contribution in [0.15, 0.2) is 18.2 Å². The molecule has 0 radical (unpaired) electrons. The minimum Gasteiger partial charge on any atom is -0.493 e. The van der Waals surface area contributed by atoms with Gasteiger partial charge in [0, 0.05) is 0 Å². The molecule has 6 heteroatoms. The molecule has 1 atom stereocenters. The molecule has 0 saturated heterocycles. The fourth-order valence-electron chi connectivity index (χ4n) is 2.05. The van der Waals surface area contributed by atoms with Crippen LogP contribution in [0, 0.1) is 0 Å². The van der Waals surface area contributed by atoms with Gasteiger partial charge in [-0.1, -0.05) is 6.07 Å². The lowest BCUT2D eigenvalue weighted by Crippen LogP contribution is -3.09. The number of hydrogen-bond donors (Lipinski definition) is 3. The highest BCUT2D eigenvalue weighted by atomic mass is 16.5. The Balaban J connectivity index is 2.26. The molecule has 4 N–H and O–H groups in total. The minimum absolute atomic E-state index is 0.333. The van der Waals surface area contributed by atoms with E-state index in [1.807, 2.05) is 18.2 Å². The number of aliphatic hydroxyl groups excluding tert-OH is 1. The van der Waals surface area contributed by atoms with Crippen molar-refractivity contribution in [1.82, 2.24) is 0 Å². The standard InChI is InChI=1S/C16H28N2O4/c1-18(2)8-7-17-10-14(19)12-22-11-13-5-6-15(20-3)16(9-13)21-4/h5-6,9,14,17,19H,7-8,10-12H2,1-4H3/p+2/t14-/m1/s1. The van der Waals surface area contributed by atoms with E-state index in [0.717, 1.165) is 18.7 Å². The van der Waals surface area contributed by atoms with Gasteiger partial charge in [0.15, 0.2) is 11.5 Å². The van der Waals surface area contributed by atoms with Crippen LogP contribution >= 0.6 is 0 Å². The van der Waals surface area contributed by atoms with E-state index in [1.165, 1.54) is 4.90 Å². The SMILES string of the molecule is COc1ccc(COC[C@H](O)C[NH2+]CC[NH+](C)C)cc1OC. The molecule has 22 heavy (non-hydrogen) atoms. The lowest BCUT2D eigenvalue weighted by atomic mass is 10.2. The molecule has 0 spiro atoms. The molecule has 0 unspecified atom stereocenters. The average Bonchev–Trinajstić information content (AvgIpc) is 2.51. The van der Waals surface area contributed by atoms with Crippen molar-refractivity contribution in [2.24, 2.45) is 0 Å². The predicted octanol–water partition coefficient (Wildman–Crippen LogP) is -1.71. The molecule has 6 nitrogen and oxygen atoms in total. The van der Waals surface area contributed by atoms with Crippen molar-refractivity contribution in [3.05, 3.63) is 23.8 Å². The minimum atomic E-state index is -0.447. The van der Waals surface area contributed by atoms with Gasteiger partial charge in [-0.05, 0) is 17.7 Å². The Hall–Kier alpha value is -1.34. The van der Waals surface area contributed by atoms with Gasteiger partial charge in [0.05, 0.1) is 41.5 Å². The molecular weight excluding hydrogens is 284 g/mol. The molecule has 1 aromatic carbocycles. The van der Waals surface area contributed by atoms with Crippen molar-refractivity contribution in [1.29, 1.82) is 0 Å². The number of hydrogen-bond acceptors (Lipinski definition) is 4. The first-order valence-electron chi connectivity index (χ1n) is 7.64. The Morgan fingerprint density at radius 2 is 1.91 bits per heavy atom. The molecule has 1 rings (SSSR count). The highest BCUT2D eigenvalue weighted by Gasteiger charge is 2.08. The third-order valence-corrected chi connectivity index (χ3v) is 3.31. The van der Waals surface area contributed by atoms with E-state index in [9.17, 15) is 5.11 Å². The zero-order chi connectivity index (χ0) is 16.4. The largest absolute Gasteiger partial charge is 0.493 e. The summed E-state index contributed by atoms with van der Waals surface area (Å²) >= 11 is 0. The van der Waals surface area contributed by atoms with Gasteiger partial charge in [-0.25, -0.2) is 0 Å². The van der Waals surface area contributed by atoms with Crippen LogP contribution in [0.3, 0.4) is 0 Å². The fraction of sp³-hybridized carbons (Fsp3) is 0.625. The van der Waals surface area contributed by atoms with Crippen molar-refractivity contribution in [2.45, 2.75) is 12.7 Å². The number of ether oxygens (including phenoxy) is 3. The van der Waals surface area contributed by atoms with Crippen molar-refractivity contribution >= 4 is 0 Å². The van der Waals surface area contributed by atoms with E-state index in [1.54, 1.807) is 14.2 Å². The van der Waals surface area contributed by atoms with E-state index in [4.69, 9.17) is 14.2 Å². The van der Waals surface area contributed by atoms with Gasteiger partial charge in [-0.2, -0.15) is 0 Å². The highest BCUT2D eigenvalue weighted by Crippen LogP contribution is 2.27. The average molecular weight is 314 g/mol. The molecule has 1 aromatic rings. The zero-order valence-corrected chi connectivity index (χ0v) is 14.1. The monoisotopic (exact) mass is 314 g/mol. The number of quaternary nitrogens is 2. The third-order valence-electron chi connectivity index (χ3n) is 3.31. The quantitative estimate of drug-likeness (QED) is 0.426. The van der Waals surface area contributed by atoms with Crippen LogP contribution < -0.4 is 19.7 Å². The van der Waals surface area contributed by atoms with E-state index in [0.29, 0.717) is 31.3 Å². The van der Waals surface area contributed by atoms with Gasteiger partial charge in [0.25, 0.3) is 0 Å². The van der Waals surface area contributed by atoms with Gasteiger partial charge in [0.1, 0.15) is 25.7 Å². The lowest BCUT2D eigenvalue weighted by molar-refractivity contribution is -0.874. The number of nitrogens with one attached hydrogen (secondary N) is 1. The lowest BCUT2D eigenvalue weighted by Gasteiger charge is -2.12. The summed E-state index contributed by atoms with van der Waals surface area (Å²) in [6.45, 7) is 3.53. The molecule has 0 aliphatic rings. The third kappa shape index (κ3) is 7.09. The Kier molecular flexibility index (Phi) is 8.84. The Morgan fingerprint density at radius 3 is 2.55 bits per heavy atom. The maximum atomic E-state index is 9.87. The van der Waals surface area contributed by atoms with Crippen LogP contribution in [0.2, 0.25) is 0 Å². The summed E-state index contributed by atoms with van der Waals surface area (Å²) in [5.41, 5.74) is 0.991. The zero-order valence-electron chi connectivity index (χ0n) is 14.1. The van der Waals surface area contributed by atoms with Crippen LogP contribution in [0.4, 0.5) is 0 Å². The molecule has 0 bridgehead atoms. The summed E-state index contributed by atoms with van der Waals surface area (Å²) < 4.78 is 16.0. The molecule has 0 aromatic heterocycles. The molecule has 0 amide bonds. The van der Waals surface area contributed by atoms with Gasteiger partial charge < -0.3 is 29.5 Å². The second-order valence-corrected chi connectivity index (χ2v) is 5.63. The second kappa shape index (κ2) is 10.4. The first kappa shape index (κ1) is 18.7. The smallest absolute Gasteiger partial charge is 0.161 e. The summed E-state index contributed by atoms with van der Waals surface area (Å²) in [7, 11) is 7.46. The molecule has 0 fully saturated rings. The summed E-state index contributed by atoms with van der Waals surface area (Å²) in [6.07, 6.45) is -0.447. The molecule has 0 saturated carbocycles. The number of benzene rings is 1. The van der Waals surface area contributed by atoms with E-state index in [2.05, 4.69) is 19.4 Å². The van der Waals surface area contributed by atoms with Gasteiger partial charge in [-0.15, -0.1) is 0 Å². The summed E-state index contributed by atoms with van der Waals surface area (Å²) in [4.78, 5) is 1.41. The molecule has 126 valence electrons. The van der Waals surface area contributed by atoms with E-state index in [-0.39, 0.29) is 0 Å². The van der Waals surface area contributed by atoms with Crippen LogP contribution in [-0.2, 0) is 11.3 Å². The summed E-state index contributed by atoms with van der Waals surface area (Å²) in [5, 5.41) is 12.0. The molecule has 0 aliphatic heterocycles. The first-order valence-corrected chi connectivity index (χ1v) is 7.64. The van der Waals surface area contributed by atoms with Crippen LogP contribution in [-0.4, -0.2) is 65.8 Å². The normalized spacial score (nSPS) is 12.5. The second-order valence-electron chi connectivity index (χ2n) is 5.63. The number of likely N-dealkylation sites (N-methyl/N-ethyl adjacent to an activating group) is 1. The maximum Gasteiger partial charge on any atom is 0.161 e. The Labute approximate surface area is 133 Å². The number of methoxy groups -OCH3 is 2. The van der Waals surface area contributed by atoms with Crippen LogP contribution in [0.5, 0.6) is 11.5 Å². The van der Waals surface area contributed by atoms with Gasteiger partial charge in [0.2, 0.25) is 0 Å². The van der Waals surface area contributed by atoms with E-state index < -0.39 is 6.10 Å². The van der Waals surface area contributed by atoms with Crippen LogP contribution in [0.1, 0.15) is 5.56 Å². The maximum absolute atomic E-state index is 9.87. The van der Waals surface area contributed by atoms with Crippen molar-refractivity contribution in [2.75, 3.05) is 54.6 Å². The van der Waals surface area contributed by atoms with Crippen molar-refractivity contribution < 1.29 is 29.5 Å². The topological polar surface area (TPSA) is 69.0 Å². The van der Waals surface area contributed by atoms with Crippen LogP contribution in [0.25, 0.3) is 0 Å². The van der Waals surface area contributed by atoms with Gasteiger partial charge in [-0.3, -0.25) is 0 Å². The van der Waals surface area contributed by atoms with Gasteiger partial charge >= 0.3 is 0 Å². The summed E-state index contributed by atoms with van der Waals surface area (Å²) in [6, 6.07) is 5.67.